The van der Waals surface area contributed by atoms with Crippen LogP contribution in [0.5, 0.6) is 0 Å². The van der Waals surface area contributed by atoms with Gasteiger partial charge in [0.15, 0.2) is 0 Å². The number of rotatable bonds is 1. The van der Waals surface area contributed by atoms with E-state index in [4.69, 9.17) is 11.6 Å². The Kier molecular flexibility index (Phi) is 2.11. The molecule has 3 aromatic heterocycles. The minimum absolute atomic E-state index is 0.630. The van der Waals surface area contributed by atoms with Crippen LogP contribution in [-0.4, -0.2) is 14.6 Å². The van der Waals surface area contributed by atoms with Gasteiger partial charge in [-0.25, -0.2) is 4.52 Å². The van der Waals surface area contributed by atoms with Crippen LogP contribution in [0, 0.1) is 0 Å². The molecule has 3 nitrogen and oxygen atoms in total. The van der Waals surface area contributed by atoms with E-state index in [-0.39, 0.29) is 0 Å². The summed E-state index contributed by atoms with van der Waals surface area (Å²) in [5.41, 5.74) is 2.67. The molecule has 3 heterocycles. The molecule has 0 amide bonds. The average molecular weight is 230 g/mol. The molecule has 0 N–H and O–H groups in total. The van der Waals surface area contributed by atoms with Gasteiger partial charge < -0.3 is 0 Å². The van der Waals surface area contributed by atoms with Gasteiger partial charge in [0.1, 0.15) is 5.69 Å². The van der Waals surface area contributed by atoms with Crippen LogP contribution in [0.15, 0.2) is 48.8 Å². The summed E-state index contributed by atoms with van der Waals surface area (Å²) in [6.07, 6.45) is 3.49. The number of nitrogens with zero attached hydrogens (tertiary/aromatic N) is 3. The Hall–Kier alpha value is -1.87. The number of hydrogen-bond donors (Lipinski definition) is 0. The number of fused-ring (bicyclic) bond motifs is 1. The van der Waals surface area contributed by atoms with Gasteiger partial charge in [0, 0.05) is 6.20 Å². The van der Waals surface area contributed by atoms with Crippen LogP contribution in [0.25, 0.3) is 16.9 Å². The van der Waals surface area contributed by atoms with E-state index in [2.05, 4.69) is 10.1 Å². The zero-order valence-corrected chi connectivity index (χ0v) is 9.09. The highest BCUT2D eigenvalue weighted by atomic mass is 35.5. The minimum Gasteiger partial charge on any atom is -0.253 e. The van der Waals surface area contributed by atoms with E-state index in [0.29, 0.717) is 5.02 Å². The Morgan fingerprint density at radius 2 is 1.94 bits per heavy atom. The summed E-state index contributed by atoms with van der Waals surface area (Å²) < 4.78 is 1.83. The van der Waals surface area contributed by atoms with Gasteiger partial charge in [-0.3, -0.25) is 4.98 Å². The first kappa shape index (κ1) is 9.36. The fourth-order valence-corrected chi connectivity index (χ4v) is 1.92. The third-order valence-electron chi connectivity index (χ3n) is 2.42. The molecule has 0 atom stereocenters. The van der Waals surface area contributed by atoms with Crippen molar-refractivity contribution in [2.24, 2.45) is 0 Å². The third-order valence-corrected chi connectivity index (χ3v) is 2.73. The SMILES string of the molecule is Clc1cccnc1-c1cccc2ccnn12. The van der Waals surface area contributed by atoms with Gasteiger partial charge in [-0.15, -0.1) is 0 Å². The zero-order valence-electron chi connectivity index (χ0n) is 8.34. The highest BCUT2D eigenvalue weighted by molar-refractivity contribution is 6.32. The lowest BCUT2D eigenvalue weighted by Crippen LogP contribution is -1.95. The van der Waals surface area contributed by atoms with Crippen LogP contribution in [0.4, 0.5) is 0 Å². The van der Waals surface area contributed by atoms with Gasteiger partial charge in [0.25, 0.3) is 0 Å². The smallest absolute Gasteiger partial charge is 0.107 e. The van der Waals surface area contributed by atoms with Crippen molar-refractivity contribution in [1.29, 1.82) is 0 Å². The lowest BCUT2D eigenvalue weighted by molar-refractivity contribution is 0.963. The van der Waals surface area contributed by atoms with E-state index in [0.717, 1.165) is 16.9 Å². The first-order valence-corrected chi connectivity index (χ1v) is 5.28. The monoisotopic (exact) mass is 229 g/mol. The standard InChI is InChI=1S/C12H8ClN3/c13-10-4-2-7-14-12(10)11-5-1-3-9-6-8-15-16(9)11/h1-8H. The summed E-state index contributed by atoms with van der Waals surface area (Å²) in [7, 11) is 0. The lowest BCUT2D eigenvalue weighted by atomic mass is 10.2. The molecular weight excluding hydrogens is 222 g/mol. The highest BCUT2D eigenvalue weighted by Crippen LogP contribution is 2.25. The number of hydrogen-bond acceptors (Lipinski definition) is 2. The Morgan fingerprint density at radius 1 is 1.00 bits per heavy atom. The van der Waals surface area contributed by atoms with Crippen molar-refractivity contribution in [2.45, 2.75) is 0 Å². The maximum Gasteiger partial charge on any atom is 0.107 e. The van der Waals surface area contributed by atoms with Gasteiger partial charge in [-0.1, -0.05) is 17.7 Å². The van der Waals surface area contributed by atoms with E-state index >= 15 is 0 Å². The second kappa shape index (κ2) is 3.61. The van der Waals surface area contributed by atoms with Gasteiger partial charge in [0.05, 0.1) is 22.4 Å². The summed E-state index contributed by atoms with van der Waals surface area (Å²) in [6.45, 7) is 0. The summed E-state index contributed by atoms with van der Waals surface area (Å²) in [6, 6.07) is 11.5. The third kappa shape index (κ3) is 1.37. The minimum atomic E-state index is 0.630. The number of halogens is 1. The quantitative estimate of drug-likeness (QED) is 0.642. The largest absolute Gasteiger partial charge is 0.253 e. The van der Waals surface area contributed by atoms with Crippen molar-refractivity contribution in [3.63, 3.8) is 0 Å². The maximum atomic E-state index is 6.12. The molecule has 16 heavy (non-hydrogen) atoms. The van der Waals surface area contributed by atoms with E-state index in [1.165, 1.54) is 0 Å². The molecular formula is C12H8ClN3. The highest BCUT2D eigenvalue weighted by Gasteiger charge is 2.08. The molecule has 0 bridgehead atoms. The molecule has 0 aliphatic heterocycles. The molecule has 0 radical (unpaired) electrons. The second-order valence-electron chi connectivity index (χ2n) is 3.41. The van der Waals surface area contributed by atoms with Crippen molar-refractivity contribution < 1.29 is 0 Å². The fourth-order valence-electron chi connectivity index (χ4n) is 1.70. The summed E-state index contributed by atoms with van der Waals surface area (Å²) in [5, 5.41) is 4.88. The Labute approximate surface area is 97.3 Å². The van der Waals surface area contributed by atoms with Crippen molar-refractivity contribution in [1.82, 2.24) is 14.6 Å². The lowest BCUT2D eigenvalue weighted by Gasteiger charge is -2.05. The van der Waals surface area contributed by atoms with Crippen molar-refractivity contribution in [3.05, 3.63) is 53.8 Å². The fraction of sp³-hybridized carbons (Fsp3) is 0. The van der Waals surface area contributed by atoms with Gasteiger partial charge in [-0.2, -0.15) is 5.10 Å². The molecule has 0 spiro atoms. The molecule has 0 fully saturated rings. The van der Waals surface area contributed by atoms with E-state index < -0.39 is 0 Å². The van der Waals surface area contributed by atoms with Crippen LogP contribution in [-0.2, 0) is 0 Å². The van der Waals surface area contributed by atoms with Crippen molar-refractivity contribution in [3.8, 4) is 11.4 Å². The van der Waals surface area contributed by atoms with Crippen molar-refractivity contribution in [2.75, 3.05) is 0 Å². The van der Waals surface area contributed by atoms with Gasteiger partial charge in [0.2, 0.25) is 0 Å². The molecule has 0 aromatic carbocycles. The normalized spacial score (nSPS) is 10.8. The van der Waals surface area contributed by atoms with E-state index in [9.17, 15) is 0 Å². The Morgan fingerprint density at radius 3 is 2.81 bits per heavy atom. The molecule has 0 unspecified atom stereocenters. The Bertz CT molecular complexity index is 645. The van der Waals surface area contributed by atoms with Crippen LogP contribution in [0.3, 0.4) is 0 Å². The average Bonchev–Trinajstić information content (AvgIpc) is 2.77. The molecule has 0 saturated heterocycles. The van der Waals surface area contributed by atoms with Crippen molar-refractivity contribution >= 4 is 17.1 Å². The van der Waals surface area contributed by atoms with Crippen LogP contribution >= 0.6 is 11.6 Å². The van der Waals surface area contributed by atoms with E-state index in [1.54, 1.807) is 12.4 Å². The summed E-state index contributed by atoms with van der Waals surface area (Å²) >= 11 is 6.12. The molecule has 78 valence electrons. The predicted octanol–water partition coefficient (Wildman–Crippen LogP) is 3.05. The molecule has 0 saturated carbocycles. The Balaban J connectivity index is 2.34. The van der Waals surface area contributed by atoms with Gasteiger partial charge in [-0.05, 0) is 30.3 Å². The van der Waals surface area contributed by atoms with E-state index in [1.807, 2.05) is 40.9 Å². The number of pyridine rings is 2. The van der Waals surface area contributed by atoms with Crippen LogP contribution in [0.2, 0.25) is 5.02 Å². The molecule has 3 rings (SSSR count). The van der Waals surface area contributed by atoms with Crippen LogP contribution in [0.1, 0.15) is 0 Å². The molecule has 3 aromatic rings. The first-order chi connectivity index (χ1) is 7.86. The topological polar surface area (TPSA) is 30.2 Å². The van der Waals surface area contributed by atoms with Crippen LogP contribution < -0.4 is 0 Å². The maximum absolute atomic E-state index is 6.12. The second-order valence-corrected chi connectivity index (χ2v) is 3.82. The van der Waals surface area contributed by atoms with Gasteiger partial charge >= 0.3 is 0 Å². The predicted molar refractivity (Wildman–Crippen MR) is 63.4 cm³/mol. The molecule has 4 heteroatoms. The molecule has 0 aliphatic rings. The first-order valence-electron chi connectivity index (χ1n) is 4.90. The zero-order chi connectivity index (χ0) is 11.0. The molecule has 0 aliphatic carbocycles. The number of aromatic nitrogens is 3. The summed E-state index contributed by atoms with van der Waals surface area (Å²) in [4.78, 5) is 4.29. The summed E-state index contributed by atoms with van der Waals surface area (Å²) in [5.74, 6) is 0.